The molecule has 1 heterocycles. The van der Waals surface area contributed by atoms with Gasteiger partial charge < -0.3 is 5.73 Å². The van der Waals surface area contributed by atoms with Gasteiger partial charge >= 0.3 is 0 Å². The van der Waals surface area contributed by atoms with Crippen LogP contribution in [0.25, 0.3) is 0 Å². The van der Waals surface area contributed by atoms with Gasteiger partial charge in [0.2, 0.25) is 0 Å². The third kappa shape index (κ3) is 2.85. The van der Waals surface area contributed by atoms with Crippen molar-refractivity contribution in [2.45, 2.75) is 18.7 Å². The molecule has 100 valence electrons. The molecule has 0 saturated carbocycles. The second kappa shape index (κ2) is 4.89. The topological polar surface area (TPSA) is 85.1 Å². The fourth-order valence-electron chi connectivity index (χ4n) is 1.63. The molecule has 0 amide bonds. The van der Waals surface area contributed by atoms with Gasteiger partial charge in [0.05, 0.1) is 17.6 Å². The van der Waals surface area contributed by atoms with Crippen LogP contribution in [0.4, 0.5) is 11.4 Å². The van der Waals surface area contributed by atoms with E-state index in [0.717, 1.165) is 11.3 Å². The summed E-state index contributed by atoms with van der Waals surface area (Å²) in [6.07, 6.45) is 1.49. The fourth-order valence-corrected chi connectivity index (χ4v) is 2.80. The van der Waals surface area contributed by atoms with Crippen molar-refractivity contribution in [3.8, 4) is 0 Å². The zero-order chi connectivity index (χ0) is 14.0. The second-order valence-corrected chi connectivity index (χ2v) is 5.92. The number of rotatable bonds is 3. The van der Waals surface area contributed by atoms with E-state index in [9.17, 15) is 8.42 Å². The molecule has 19 heavy (non-hydrogen) atoms. The molecule has 0 spiro atoms. The molecule has 6 heteroatoms. The van der Waals surface area contributed by atoms with Gasteiger partial charge in [0.25, 0.3) is 10.0 Å². The van der Waals surface area contributed by atoms with Crippen LogP contribution in [0.1, 0.15) is 11.3 Å². The van der Waals surface area contributed by atoms with Crippen LogP contribution >= 0.6 is 0 Å². The average Bonchev–Trinajstić information content (AvgIpc) is 2.34. The Morgan fingerprint density at radius 3 is 2.53 bits per heavy atom. The Kier molecular flexibility index (Phi) is 3.44. The highest BCUT2D eigenvalue weighted by molar-refractivity contribution is 7.92. The lowest BCUT2D eigenvalue weighted by atomic mass is 10.2. The predicted octanol–water partition coefficient (Wildman–Crippen LogP) is 2.08. The second-order valence-electron chi connectivity index (χ2n) is 4.27. The Bertz CT molecular complexity index is 712. The van der Waals surface area contributed by atoms with Crippen LogP contribution in [0.2, 0.25) is 0 Å². The third-order valence-corrected chi connectivity index (χ3v) is 4.26. The van der Waals surface area contributed by atoms with Crippen molar-refractivity contribution in [1.82, 2.24) is 4.98 Å². The van der Waals surface area contributed by atoms with Gasteiger partial charge in [-0.15, -0.1) is 0 Å². The smallest absolute Gasteiger partial charge is 0.263 e. The first-order valence-electron chi connectivity index (χ1n) is 5.71. The molecule has 0 atom stereocenters. The number of aryl methyl sites for hydroxylation is 2. The zero-order valence-corrected chi connectivity index (χ0v) is 11.5. The fraction of sp³-hybridized carbons (Fsp3) is 0.154. The number of nitrogen functional groups attached to an aromatic ring is 1. The molecule has 2 rings (SSSR count). The Labute approximate surface area is 112 Å². The summed E-state index contributed by atoms with van der Waals surface area (Å²) in [6, 6.07) is 8.06. The monoisotopic (exact) mass is 277 g/mol. The molecule has 5 nitrogen and oxygen atoms in total. The van der Waals surface area contributed by atoms with E-state index in [1.54, 1.807) is 24.3 Å². The summed E-state index contributed by atoms with van der Waals surface area (Å²) in [5.41, 5.74) is 8.10. The molecule has 0 aliphatic heterocycles. The standard InChI is InChI=1S/C13H15N3O2S/c1-9-7-11(8-15-10(9)2)16-19(17,18)13-6-4-3-5-12(13)14/h3-8,16H,14H2,1-2H3. The molecule has 0 bridgehead atoms. The number of para-hydroxylation sites is 1. The van der Waals surface area contributed by atoms with Crippen LogP contribution in [0, 0.1) is 13.8 Å². The lowest BCUT2D eigenvalue weighted by Crippen LogP contribution is -2.15. The third-order valence-electron chi connectivity index (χ3n) is 2.80. The van der Waals surface area contributed by atoms with Gasteiger partial charge in [-0.3, -0.25) is 9.71 Å². The van der Waals surface area contributed by atoms with Crippen LogP contribution < -0.4 is 10.5 Å². The molecule has 0 unspecified atom stereocenters. The molecule has 2 aromatic rings. The first-order valence-corrected chi connectivity index (χ1v) is 7.19. The van der Waals surface area contributed by atoms with Gasteiger partial charge in [0.15, 0.2) is 0 Å². The largest absolute Gasteiger partial charge is 0.398 e. The minimum atomic E-state index is -3.69. The van der Waals surface area contributed by atoms with Gasteiger partial charge in [-0.2, -0.15) is 0 Å². The van der Waals surface area contributed by atoms with E-state index in [2.05, 4.69) is 9.71 Å². The van der Waals surface area contributed by atoms with E-state index >= 15 is 0 Å². The summed E-state index contributed by atoms with van der Waals surface area (Å²) in [6.45, 7) is 3.74. The van der Waals surface area contributed by atoms with Crippen molar-refractivity contribution in [3.05, 3.63) is 47.8 Å². The summed E-state index contributed by atoms with van der Waals surface area (Å²) in [5, 5.41) is 0. The molecule has 0 aliphatic carbocycles. The van der Waals surface area contributed by atoms with Crippen LogP contribution in [-0.2, 0) is 10.0 Å². The summed E-state index contributed by atoms with van der Waals surface area (Å²) in [4.78, 5) is 4.18. The van der Waals surface area contributed by atoms with Gasteiger partial charge in [0, 0.05) is 5.69 Å². The maximum Gasteiger partial charge on any atom is 0.263 e. The average molecular weight is 277 g/mol. The van der Waals surface area contributed by atoms with Crippen molar-refractivity contribution in [2.24, 2.45) is 0 Å². The first kappa shape index (κ1) is 13.4. The number of aromatic nitrogens is 1. The van der Waals surface area contributed by atoms with E-state index < -0.39 is 10.0 Å². The molecule has 1 aromatic carbocycles. The van der Waals surface area contributed by atoms with Crippen LogP contribution in [-0.4, -0.2) is 13.4 Å². The molecule has 0 saturated heterocycles. The minimum Gasteiger partial charge on any atom is -0.398 e. The van der Waals surface area contributed by atoms with Gasteiger partial charge in [-0.1, -0.05) is 12.1 Å². The number of pyridine rings is 1. The maximum atomic E-state index is 12.2. The van der Waals surface area contributed by atoms with Crippen LogP contribution in [0.15, 0.2) is 41.4 Å². The van der Waals surface area contributed by atoms with Gasteiger partial charge in [-0.05, 0) is 37.6 Å². The van der Waals surface area contributed by atoms with Crippen LogP contribution in [0.3, 0.4) is 0 Å². The van der Waals surface area contributed by atoms with Gasteiger partial charge in [-0.25, -0.2) is 8.42 Å². The normalized spacial score (nSPS) is 11.3. The van der Waals surface area contributed by atoms with E-state index in [-0.39, 0.29) is 10.6 Å². The summed E-state index contributed by atoms with van der Waals surface area (Å²) >= 11 is 0. The zero-order valence-electron chi connectivity index (χ0n) is 10.7. The van der Waals surface area contributed by atoms with Crippen molar-refractivity contribution in [2.75, 3.05) is 10.5 Å². The Hall–Kier alpha value is -2.08. The summed E-state index contributed by atoms with van der Waals surface area (Å²) < 4.78 is 26.9. The SMILES string of the molecule is Cc1cc(NS(=O)(=O)c2ccccc2N)cnc1C. The predicted molar refractivity (Wildman–Crippen MR) is 75.4 cm³/mol. The van der Waals surface area contributed by atoms with Gasteiger partial charge in [0.1, 0.15) is 4.90 Å². The number of benzene rings is 1. The lowest BCUT2D eigenvalue weighted by Gasteiger charge is -2.10. The number of nitrogens with zero attached hydrogens (tertiary/aromatic N) is 1. The number of nitrogens with two attached hydrogens (primary N) is 1. The van der Waals surface area contributed by atoms with E-state index in [1.165, 1.54) is 12.3 Å². The molecular weight excluding hydrogens is 262 g/mol. The summed E-state index contributed by atoms with van der Waals surface area (Å²) in [5.74, 6) is 0. The Balaban J connectivity index is 2.37. The van der Waals surface area contributed by atoms with Crippen molar-refractivity contribution < 1.29 is 8.42 Å². The molecule has 0 aliphatic rings. The number of hydrogen-bond acceptors (Lipinski definition) is 4. The lowest BCUT2D eigenvalue weighted by molar-refractivity contribution is 0.601. The van der Waals surface area contributed by atoms with E-state index in [1.807, 2.05) is 13.8 Å². The highest BCUT2D eigenvalue weighted by Crippen LogP contribution is 2.21. The molecular formula is C13H15N3O2S. The number of nitrogens with one attached hydrogen (secondary N) is 1. The van der Waals surface area contributed by atoms with Crippen LogP contribution in [0.5, 0.6) is 0 Å². The van der Waals surface area contributed by atoms with Crippen molar-refractivity contribution in [3.63, 3.8) is 0 Å². The quantitative estimate of drug-likeness (QED) is 0.841. The summed E-state index contributed by atoms with van der Waals surface area (Å²) in [7, 11) is -3.69. The number of anilines is 2. The minimum absolute atomic E-state index is 0.0632. The molecule has 1 aromatic heterocycles. The maximum absolute atomic E-state index is 12.2. The van der Waals surface area contributed by atoms with E-state index in [4.69, 9.17) is 5.73 Å². The molecule has 0 radical (unpaired) electrons. The number of sulfonamides is 1. The van der Waals surface area contributed by atoms with Crippen molar-refractivity contribution in [1.29, 1.82) is 0 Å². The highest BCUT2D eigenvalue weighted by Gasteiger charge is 2.17. The Morgan fingerprint density at radius 2 is 1.89 bits per heavy atom. The first-order chi connectivity index (χ1) is 8.90. The molecule has 0 fully saturated rings. The van der Waals surface area contributed by atoms with Crippen molar-refractivity contribution >= 4 is 21.4 Å². The number of hydrogen-bond donors (Lipinski definition) is 2. The highest BCUT2D eigenvalue weighted by atomic mass is 32.2. The Morgan fingerprint density at radius 1 is 1.21 bits per heavy atom. The molecule has 3 N–H and O–H groups in total. The van der Waals surface area contributed by atoms with E-state index in [0.29, 0.717) is 5.69 Å².